The van der Waals surface area contributed by atoms with Gasteiger partial charge in [-0.3, -0.25) is 14.4 Å². The number of hydrogen-bond donors (Lipinski definition) is 3. The fourth-order valence-corrected chi connectivity index (χ4v) is 4.94. The molecule has 0 saturated carbocycles. The quantitative estimate of drug-likeness (QED) is 0.384. The number of carbonyl (C=O) groups is 3. The molecule has 38 heavy (non-hydrogen) atoms. The minimum Gasteiger partial charge on any atom is -0.351 e. The summed E-state index contributed by atoms with van der Waals surface area (Å²) in [6.45, 7) is 1.05. The number of carbonyl (C=O) groups excluding carboxylic acids is 3. The molecule has 4 rings (SSSR count). The fraction of sp³-hybridized carbons (Fsp3) is 0.310. The molecule has 0 atom stereocenters. The van der Waals surface area contributed by atoms with Crippen molar-refractivity contribution >= 4 is 35.1 Å². The van der Waals surface area contributed by atoms with E-state index in [2.05, 4.69) is 15.6 Å². The van der Waals surface area contributed by atoms with Crippen LogP contribution in [0.25, 0.3) is 11.1 Å². The summed E-state index contributed by atoms with van der Waals surface area (Å²) in [5, 5.41) is 6.42. The third kappa shape index (κ3) is 6.76. The summed E-state index contributed by atoms with van der Waals surface area (Å²) in [4.78, 5) is 44.4. The molecule has 0 aliphatic carbocycles. The number of piperidine rings is 1. The number of rotatable bonds is 9. The van der Waals surface area contributed by atoms with Crippen LogP contribution in [0.15, 0.2) is 72.9 Å². The van der Waals surface area contributed by atoms with Crippen LogP contribution in [0.5, 0.6) is 0 Å². The van der Waals surface area contributed by atoms with E-state index in [9.17, 15) is 14.4 Å². The zero-order valence-corrected chi connectivity index (χ0v) is 21.9. The fourth-order valence-electron chi connectivity index (χ4n) is 4.74. The molecule has 1 aliphatic rings. The second-order valence-electron chi connectivity index (χ2n) is 9.49. The van der Waals surface area contributed by atoms with Gasteiger partial charge in [-0.05, 0) is 48.6 Å². The summed E-state index contributed by atoms with van der Waals surface area (Å²) in [6, 6.07) is 20.9. The van der Waals surface area contributed by atoms with Crippen LogP contribution in [0, 0.1) is 5.41 Å². The van der Waals surface area contributed by atoms with E-state index in [4.69, 9.17) is 17.3 Å². The van der Waals surface area contributed by atoms with Gasteiger partial charge in [0.1, 0.15) is 5.82 Å². The number of hydrogen-bond acceptors (Lipinski definition) is 5. The van der Waals surface area contributed by atoms with E-state index in [1.807, 2.05) is 54.6 Å². The maximum Gasteiger partial charge on any atom is 0.236 e. The molecule has 1 aromatic heterocycles. The number of benzene rings is 2. The lowest BCUT2D eigenvalue weighted by molar-refractivity contribution is -0.140. The molecule has 8 nitrogen and oxygen atoms in total. The summed E-state index contributed by atoms with van der Waals surface area (Å²) in [7, 11) is 0. The highest BCUT2D eigenvalue weighted by Crippen LogP contribution is 2.37. The van der Waals surface area contributed by atoms with Gasteiger partial charge in [0.25, 0.3) is 0 Å². The molecule has 0 spiro atoms. The average Bonchev–Trinajstić information content (AvgIpc) is 2.96. The molecule has 0 bridgehead atoms. The Labute approximate surface area is 227 Å². The van der Waals surface area contributed by atoms with Gasteiger partial charge in [0.2, 0.25) is 17.7 Å². The maximum atomic E-state index is 13.5. The van der Waals surface area contributed by atoms with Crippen LogP contribution < -0.4 is 16.4 Å². The Hall–Kier alpha value is -3.75. The van der Waals surface area contributed by atoms with Gasteiger partial charge in [0.05, 0.1) is 12.0 Å². The Morgan fingerprint density at radius 1 is 0.947 bits per heavy atom. The van der Waals surface area contributed by atoms with Crippen LogP contribution in [0.2, 0.25) is 5.02 Å². The van der Waals surface area contributed by atoms with Crippen LogP contribution in [-0.2, 0) is 20.9 Å². The standard InChI is InChI=1S/C29H32ClN5O3/c30-24-9-5-4-8-23(24)20-33-28(38)29(14-16-35(17-15-29)27(37)18-31)13-12-26(36)34-25-11-10-22(19-32-25)21-6-2-1-3-7-21/h1-11,19H,12-18,20,31H2,(H,33,38)(H,32,34,36). The minimum absolute atomic E-state index is 0.0653. The smallest absolute Gasteiger partial charge is 0.236 e. The molecule has 198 valence electrons. The van der Waals surface area contributed by atoms with Gasteiger partial charge in [0, 0.05) is 42.8 Å². The van der Waals surface area contributed by atoms with E-state index in [1.165, 1.54) is 0 Å². The number of pyridine rings is 1. The number of nitrogens with zero attached hydrogens (tertiary/aromatic N) is 2. The monoisotopic (exact) mass is 533 g/mol. The molecule has 2 heterocycles. The van der Waals surface area contributed by atoms with Gasteiger partial charge in [-0.15, -0.1) is 0 Å². The Balaban J connectivity index is 1.39. The predicted molar refractivity (Wildman–Crippen MR) is 148 cm³/mol. The van der Waals surface area contributed by atoms with E-state index in [-0.39, 0.29) is 37.2 Å². The second kappa shape index (κ2) is 12.7. The van der Waals surface area contributed by atoms with Crippen molar-refractivity contribution < 1.29 is 14.4 Å². The molecule has 9 heteroatoms. The second-order valence-corrected chi connectivity index (χ2v) is 9.89. The van der Waals surface area contributed by atoms with Gasteiger partial charge < -0.3 is 21.3 Å². The molecule has 4 N–H and O–H groups in total. The topological polar surface area (TPSA) is 117 Å². The molecule has 3 amide bonds. The molecule has 1 fully saturated rings. The molecule has 1 aliphatic heterocycles. The molecular weight excluding hydrogens is 502 g/mol. The van der Waals surface area contributed by atoms with Gasteiger partial charge in [-0.2, -0.15) is 0 Å². The lowest BCUT2D eigenvalue weighted by Gasteiger charge is -2.40. The number of anilines is 1. The van der Waals surface area contributed by atoms with E-state index >= 15 is 0 Å². The number of aromatic nitrogens is 1. The normalized spacial score (nSPS) is 14.5. The van der Waals surface area contributed by atoms with Crippen LogP contribution >= 0.6 is 11.6 Å². The van der Waals surface area contributed by atoms with Gasteiger partial charge in [0.15, 0.2) is 0 Å². The van der Waals surface area contributed by atoms with E-state index in [1.54, 1.807) is 23.2 Å². The summed E-state index contributed by atoms with van der Waals surface area (Å²) in [6.07, 6.45) is 3.11. The Kier molecular flexibility index (Phi) is 9.10. The van der Waals surface area contributed by atoms with Gasteiger partial charge in [-0.25, -0.2) is 4.98 Å². The Morgan fingerprint density at radius 3 is 2.32 bits per heavy atom. The molecule has 0 radical (unpaired) electrons. The zero-order chi connectivity index (χ0) is 27.0. The first-order valence-electron chi connectivity index (χ1n) is 12.7. The molecule has 0 unspecified atom stereocenters. The third-order valence-electron chi connectivity index (χ3n) is 7.10. The number of nitrogens with one attached hydrogen (secondary N) is 2. The summed E-state index contributed by atoms with van der Waals surface area (Å²) < 4.78 is 0. The number of halogens is 1. The highest BCUT2D eigenvalue weighted by molar-refractivity contribution is 6.31. The lowest BCUT2D eigenvalue weighted by atomic mass is 9.73. The van der Waals surface area contributed by atoms with Crippen molar-refractivity contribution in [2.45, 2.75) is 32.2 Å². The highest BCUT2D eigenvalue weighted by Gasteiger charge is 2.42. The van der Waals surface area contributed by atoms with Crippen LogP contribution in [-0.4, -0.2) is 47.2 Å². The molecule has 1 saturated heterocycles. The number of likely N-dealkylation sites (tertiary alicyclic amines) is 1. The van der Waals surface area contributed by atoms with Gasteiger partial charge in [-0.1, -0.05) is 60.1 Å². The first kappa shape index (κ1) is 27.3. The van der Waals surface area contributed by atoms with Crippen LogP contribution in [0.3, 0.4) is 0 Å². The number of amides is 3. The van der Waals surface area contributed by atoms with Crippen molar-refractivity contribution in [1.29, 1.82) is 0 Å². The van der Waals surface area contributed by atoms with Crippen LogP contribution in [0.4, 0.5) is 5.82 Å². The number of nitrogens with two attached hydrogens (primary N) is 1. The first-order valence-corrected chi connectivity index (χ1v) is 13.1. The summed E-state index contributed by atoms with van der Waals surface area (Å²) in [5.74, 6) is -0.0489. The lowest BCUT2D eigenvalue weighted by Crippen LogP contribution is -2.51. The third-order valence-corrected chi connectivity index (χ3v) is 7.46. The highest BCUT2D eigenvalue weighted by atomic mass is 35.5. The van der Waals surface area contributed by atoms with Crippen molar-refractivity contribution in [3.8, 4) is 11.1 Å². The average molecular weight is 534 g/mol. The zero-order valence-electron chi connectivity index (χ0n) is 21.2. The van der Waals surface area contributed by atoms with Gasteiger partial charge >= 0.3 is 0 Å². The predicted octanol–water partition coefficient (Wildman–Crippen LogP) is 4.00. The largest absolute Gasteiger partial charge is 0.351 e. The SMILES string of the molecule is NCC(=O)N1CCC(CCC(=O)Nc2ccc(-c3ccccc3)cn2)(C(=O)NCc2ccccc2Cl)CC1. The molecular formula is C29H32ClN5O3. The summed E-state index contributed by atoms with van der Waals surface area (Å²) in [5.41, 5.74) is 7.56. The Morgan fingerprint density at radius 2 is 1.66 bits per heavy atom. The first-order chi connectivity index (χ1) is 18.4. The van der Waals surface area contributed by atoms with Crippen molar-refractivity contribution in [2.75, 3.05) is 25.0 Å². The Bertz CT molecular complexity index is 1260. The van der Waals surface area contributed by atoms with Crippen molar-refractivity contribution in [3.63, 3.8) is 0 Å². The van der Waals surface area contributed by atoms with E-state index < -0.39 is 5.41 Å². The van der Waals surface area contributed by atoms with Crippen molar-refractivity contribution in [3.05, 3.63) is 83.5 Å². The van der Waals surface area contributed by atoms with E-state index in [0.29, 0.717) is 43.2 Å². The van der Waals surface area contributed by atoms with Crippen LogP contribution in [0.1, 0.15) is 31.2 Å². The van der Waals surface area contributed by atoms with E-state index in [0.717, 1.165) is 16.7 Å². The molecule has 2 aromatic carbocycles. The summed E-state index contributed by atoms with van der Waals surface area (Å²) >= 11 is 6.26. The van der Waals surface area contributed by atoms with Crippen molar-refractivity contribution in [1.82, 2.24) is 15.2 Å². The minimum atomic E-state index is -0.783. The van der Waals surface area contributed by atoms with Crippen molar-refractivity contribution in [2.24, 2.45) is 11.1 Å². The maximum absolute atomic E-state index is 13.5. The molecule has 3 aromatic rings.